The second-order valence-corrected chi connectivity index (χ2v) is 16.0. The maximum Gasteiger partial charge on any atom is 0.261 e. The van der Waals surface area contributed by atoms with E-state index in [9.17, 15) is 9.18 Å². The Kier molecular flexibility index (Phi) is 10.3. The van der Waals surface area contributed by atoms with E-state index in [4.69, 9.17) is 9.98 Å². The van der Waals surface area contributed by atoms with Crippen molar-refractivity contribution in [2.75, 3.05) is 25.0 Å². The number of nitrogens with zero attached hydrogens (tertiary/aromatic N) is 4. The molecule has 2 N–H and O–H groups in total. The minimum atomic E-state index is -0.245. The molecule has 7 nitrogen and oxygen atoms in total. The van der Waals surface area contributed by atoms with Crippen molar-refractivity contribution in [3.8, 4) is 0 Å². The van der Waals surface area contributed by atoms with Gasteiger partial charge in [0, 0.05) is 43.8 Å². The zero-order valence-corrected chi connectivity index (χ0v) is 30.2. The molecule has 2 saturated carbocycles. The van der Waals surface area contributed by atoms with Crippen molar-refractivity contribution in [2.24, 2.45) is 34.1 Å². The number of anilines is 1. The van der Waals surface area contributed by atoms with Crippen LogP contribution in [0.25, 0.3) is 10.9 Å². The van der Waals surface area contributed by atoms with Gasteiger partial charge in [0.2, 0.25) is 0 Å². The topological polar surface area (TPSA) is 74.6 Å². The van der Waals surface area contributed by atoms with E-state index in [-0.39, 0.29) is 28.8 Å². The molecule has 2 aromatic carbocycles. The van der Waals surface area contributed by atoms with Gasteiger partial charge in [0.15, 0.2) is 5.96 Å². The zero-order valence-electron chi connectivity index (χ0n) is 30.2. The SMILES string of the molecule is CC1CCC(c2nc3cc(NC(=N[C@H]4C[C@@H](C)C(C)(C)[C@@H](C)[C@@H]4C)N4CCN[C@@H](C)C4)ccc3c(=O)n2CCc2ccc(F)cc2)CC1. The van der Waals surface area contributed by atoms with E-state index >= 15 is 0 Å². The second-order valence-electron chi connectivity index (χ2n) is 16.0. The standard InChI is InChI=1S/C40H57FN6O/c1-25-8-12-31(13-9-25)37-44-36-23-33(16-17-34(36)38(48)47(37)20-18-30-10-14-32(41)15-11-30)43-39(46-21-19-42-27(3)24-46)45-35-22-26(2)40(6,7)29(5)28(35)4/h10-11,14-17,23,25-29,31,35,42H,8-9,12-13,18-22,24H2,1-7H3,(H,43,45)/t25?,26-,27+,28+,29+,31?,35+/m1/s1. The fraction of sp³-hybridized carbons (Fsp3) is 0.625. The van der Waals surface area contributed by atoms with E-state index in [1.807, 2.05) is 28.8 Å². The van der Waals surface area contributed by atoms with Gasteiger partial charge in [-0.2, -0.15) is 0 Å². The van der Waals surface area contributed by atoms with Crippen molar-refractivity contribution in [1.82, 2.24) is 19.8 Å². The molecule has 3 aromatic rings. The average Bonchev–Trinajstić information content (AvgIpc) is 3.06. The van der Waals surface area contributed by atoms with Crippen LogP contribution in [0.4, 0.5) is 10.1 Å². The fourth-order valence-corrected chi connectivity index (χ4v) is 8.37. The van der Waals surface area contributed by atoms with Gasteiger partial charge in [-0.25, -0.2) is 14.4 Å². The van der Waals surface area contributed by atoms with Crippen LogP contribution in [0, 0.1) is 34.9 Å². The van der Waals surface area contributed by atoms with Crippen molar-refractivity contribution >= 4 is 22.5 Å². The van der Waals surface area contributed by atoms with E-state index in [1.54, 1.807) is 0 Å². The third kappa shape index (κ3) is 7.34. The summed E-state index contributed by atoms with van der Waals surface area (Å²) in [7, 11) is 0. The number of fused-ring (bicyclic) bond motifs is 1. The molecule has 260 valence electrons. The second kappa shape index (κ2) is 14.3. The van der Waals surface area contributed by atoms with E-state index < -0.39 is 0 Å². The summed E-state index contributed by atoms with van der Waals surface area (Å²) in [5.74, 6) is 4.14. The summed E-state index contributed by atoms with van der Waals surface area (Å²) >= 11 is 0. The maximum atomic E-state index is 14.2. The predicted octanol–water partition coefficient (Wildman–Crippen LogP) is 7.84. The maximum absolute atomic E-state index is 14.2. The Morgan fingerprint density at radius 2 is 1.77 bits per heavy atom. The van der Waals surface area contributed by atoms with Crippen molar-refractivity contribution < 1.29 is 4.39 Å². The molecule has 0 amide bonds. The van der Waals surface area contributed by atoms with E-state index in [2.05, 4.69) is 70.1 Å². The quantitative estimate of drug-likeness (QED) is 0.209. The van der Waals surface area contributed by atoms with Gasteiger partial charge in [-0.3, -0.25) is 9.36 Å². The number of hydrogen-bond acceptors (Lipinski definition) is 4. The summed E-state index contributed by atoms with van der Waals surface area (Å²) < 4.78 is 15.5. The van der Waals surface area contributed by atoms with Gasteiger partial charge in [0.1, 0.15) is 11.6 Å². The Bertz CT molecular complexity index is 1660. The summed E-state index contributed by atoms with van der Waals surface area (Å²) in [6, 6.07) is 13.2. The van der Waals surface area contributed by atoms with Crippen molar-refractivity contribution in [3.63, 3.8) is 0 Å². The molecule has 0 spiro atoms. The molecule has 2 aliphatic carbocycles. The third-order valence-corrected chi connectivity index (χ3v) is 12.6. The van der Waals surface area contributed by atoms with Gasteiger partial charge < -0.3 is 15.5 Å². The molecule has 1 aromatic heterocycles. The number of aliphatic imine (C=N–C) groups is 1. The van der Waals surface area contributed by atoms with E-state index in [0.717, 1.165) is 80.3 Å². The van der Waals surface area contributed by atoms with Gasteiger partial charge >= 0.3 is 0 Å². The molecule has 8 heteroatoms. The molecule has 48 heavy (non-hydrogen) atoms. The largest absolute Gasteiger partial charge is 0.340 e. The summed E-state index contributed by atoms with van der Waals surface area (Å²) in [6.45, 7) is 19.8. The first-order chi connectivity index (χ1) is 22.9. The Morgan fingerprint density at radius 1 is 1.04 bits per heavy atom. The molecule has 3 fully saturated rings. The van der Waals surface area contributed by atoms with Crippen LogP contribution in [0.1, 0.15) is 97.9 Å². The predicted molar refractivity (Wildman–Crippen MR) is 196 cm³/mol. The van der Waals surface area contributed by atoms with Crippen LogP contribution in [0.2, 0.25) is 0 Å². The third-order valence-electron chi connectivity index (χ3n) is 12.6. The fourth-order valence-electron chi connectivity index (χ4n) is 8.37. The Morgan fingerprint density at radius 3 is 2.48 bits per heavy atom. The molecule has 1 aliphatic heterocycles. The van der Waals surface area contributed by atoms with E-state index in [0.29, 0.717) is 48.1 Å². The van der Waals surface area contributed by atoms with Gasteiger partial charge in [-0.1, -0.05) is 66.5 Å². The number of nitrogens with one attached hydrogen (secondary N) is 2. The number of aryl methyl sites for hydroxylation is 1. The molecular weight excluding hydrogens is 599 g/mol. The molecule has 1 saturated heterocycles. The van der Waals surface area contributed by atoms with Crippen LogP contribution in [0.3, 0.4) is 0 Å². The molecule has 0 unspecified atom stereocenters. The molecule has 3 aliphatic rings. The van der Waals surface area contributed by atoms with Crippen molar-refractivity contribution in [3.05, 3.63) is 70.0 Å². The summed E-state index contributed by atoms with van der Waals surface area (Å²) in [4.78, 5) is 27.3. The highest BCUT2D eigenvalue weighted by molar-refractivity contribution is 5.96. The number of rotatable bonds is 6. The van der Waals surface area contributed by atoms with Crippen LogP contribution in [0.5, 0.6) is 0 Å². The van der Waals surface area contributed by atoms with Crippen LogP contribution in [0.15, 0.2) is 52.3 Å². The van der Waals surface area contributed by atoms with Crippen LogP contribution in [-0.2, 0) is 13.0 Å². The van der Waals surface area contributed by atoms with Crippen LogP contribution in [-0.4, -0.2) is 52.1 Å². The lowest BCUT2D eigenvalue weighted by atomic mass is 9.58. The minimum Gasteiger partial charge on any atom is -0.340 e. The monoisotopic (exact) mass is 656 g/mol. The lowest BCUT2D eigenvalue weighted by Gasteiger charge is -2.49. The summed E-state index contributed by atoms with van der Waals surface area (Å²) in [5.41, 5.74) is 2.96. The zero-order chi connectivity index (χ0) is 34.2. The number of aromatic nitrogens is 2. The van der Waals surface area contributed by atoms with Crippen LogP contribution >= 0.6 is 0 Å². The number of guanidine groups is 1. The molecular formula is C40H57FN6O. The van der Waals surface area contributed by atoms with Crippen LogP contribution < -0.4 is 16.2 Å². The highest BCUT2D eigenvalue weighted by Gasteiger charge is 2.44. The molecule has 5 atom stereocenters. The van der Waals surface area contributed by atoms with Gasteiger partial charge in [0.05, 0.1) is 16.9 Å². The number of hydrogen-bond donors (Lipinski definition) is 2. The molecule has 0 bridgehead atoms. The first-order valence-electron chi connectivity index (χ1n) is 18.5. The normalized spacial score (nSPS) is 29.6. The van der Waals surface area contributed by atoms with Gasteiger partial charge in [-0.15, -0.1) is 0 Å². The van der Waals surface area contributed by atoms with Crippen molar-refractivity contribution in [1.29, 1.82) is 0 Å². The highest BCUT2D eigenvalue weighted by atomic mass is 19.1. The first-order valence-corrected chi connectivity index (χ1v) is 18.5. The van der Waals surface area contributed by atoms with Gasteiger partial charge in [-0.05, 0) is 97.6 Å². The number of halogens is 1. The summed E-state index contributed by atoms with van der Waals surface area (Å²) in [5, 5.41) is 7.95. The number of benzene rings is 2. The molecule has 6 rings (SSSR count). The highest BCUT2D eigenvalue weighted by Crippen LogP contribution is 2.48. The lowest BCUT2D eigenvalue weighted by molar-refractivity contribution is 0.0266. The Hall–Kier alpha value is -3.26. The smallest absolute Gasteiger partial charge is 0.261 e. The number of piperazine rings is 1. The molecule has 0 radical (unpaired) electrons. The molecule has 2 heterocycles. The average molecular weight is 657 g/mol. The first kappa shape index (κ1) is 34.6. The Balaban J connectivity index is 1.35. The van der Waals surface area contributed by atoms with Crippen molar-refractivity contribution in [2.45, 2.75) is 112 Å². The summed E-state index contributed by atoms with van der Waals surface area (Å²) in [6.07, 6.45) is 6.10. The Labute approximate surface area is 286 Å². The van der Waals surface area contributed by atoms with E-state index in [1.165, 1.54) is 12.1 Å². The van der Waals surface area contributed by atoms with Gasteiger partial charge in [0.25, 0.3) is 5.56 Å². The minimum absolute atomic E-state index is 0.00808. The lowest BCUT2D eigenvalue weighted by Crippen LogP contribution is -2.54.